The molecule has 3 N–H and O–H groups in total. The SMILES string of the molecule is Cc1ccc2ncc(Cl)c(C(O)CC34CCC(NCc5ccc6c(n5)NC(=O)CO6)(CC3)CC4)c2n1. The predicted molar refractivity (Wildman–Crippen MR) is 137 cm³/mol. The molecule has 0 radical (unpaired) electrons. The summed E-state index contributed by atoms with van der Waals surface area (Å²) in [6, 6.07) is 7.68. The molecule has 0 saturated heterocycles. The Labute approximate surface area is 214 Å². The first-order valence-corrected chi connectivity index (χ1v) is 13.0. The lowest BCUT2D eigenvalue weighted by molar-refractivity contribution is -0.118. The van der Waals surface area contributed by atoms with Crippen LogP contribution in [0, 0.1) is 12.3 Å². The number of fused-ring (bicyclic) bond motifs is 5. The van der Waals surface area contributed by atoms with E-state index in [0.29, 0.717) is 40.6 Å². The van der Waals surface area contributed by atoms with Crippen molar-refractivity contribution >= 4 is 34.4 Å². The van der Waals surface area contributed by atoms with Crippen LogP contribution in [0.5, 0.6) is 5.75 Å². The average molecular weight is 508 g/mol. The van der Waals surface area contributed by atoms with E-state index in [4.69, 9.17) is 16.3 Å². The Morgan fingerprint density at radius 2 is 1.92 bits per heavy atom. The van der Waals surface area contributed by atoms with Gasteiger partial charge in [0.2, 0.25) is 0 Å². The number of aliphatic hydroxyl groups excluding tert-OH is 1. The molecule has 7 rings (SSSR count). The Hall–Kier alpha value is -2.81. The molecule has 4 heterocycles. The summed E-state index contributed by atoms with van der Waals surface area (Å²) in [6.45, 7) is 2.61. The number of anilines is 1. The number of aromatic nitrogens is 3. The number of rotatable bonds is 6. The molecule has 36 heavy (non-hydrogen) atoms. The molecule has 0 spiro atoms. The van der Waals surface area contributed by atoms with Crippen LogP contribution in [0.2, 0.25) is 5.02 Å². The van der Waals surface area contributed by atoms with Crippen molar-refractivity contribution in [2.75, 3.05) is 11.9 Å². The van der Waals surface area contributed by atoms with E-state index in [1.165, 1.54) is 0 Å². The van der Waals surface area contributed by atoms with Crippen LogP contribution in [0.3, 0.4) is 0 Å². The Kier molecular flexibility index (Phi) is 5.85. The van der Waals surface area contributed by atoms with E-state index in [1.54, 1.807) is 6.20 Å². The maximum atomic E-state index is 11.6. The quantitative estimate of drug-likeness (QED) is 0.446. The van der Waals surface area contributed by atoms with Crippen molar-refractivity contribution in [1.29, 1.82) is 0 Å². The largest absolute Gasteiger partial charge is 0.480 e. The van der Waals surface area contributed by atoms with E-state index >= 15 is 0 Å². The van der Waals surface area contributed by atoms with Gasteiger partial charge in [-0.05, 0) is 81.5 Å². The molecule has 4 aliphatic rings. The number of halogens is 1. The lowest BCUT2D eigenvalue weighted by Gasteiger charge is -2.54. The lowest BCUT2D eigenvalue weighted by atomic mass is 9.55. The summed E-state index contributed by atoms with van der Waals surface area (Å²) >= 11 is 6.53. The van der Waals surface area contributed by atoms with Crippen LogP contribution in [0.15, 0.2) is 30.5 Å². The Bertz CT molecular complexity index is 1320. The fourth-order valence-electron chi connectivity index (χ4n) is 6.21. The van der Waals surface area contributed by atoms with Crippen LogP contribution in [0.4, 0.5) is 5.82 Å². The zero-order valence-electron chi connectivity index (χ0n) is 20.3. The van der Waals surface area contributed by atoms with Crippen LogP contribution in [-0.4, -0.2) is 38.1 Å². The predicted octanol–water partition coefficient (Wildman–Crippen LogP) is 4.62. The van der Waals surface area contributed by atoms with Gasteiger partial charge >= 0.3 is 0 Å². The van der Waals surface area contributed by atoms with Crippen molar-refractivity contribution in [3.63, 3.8) is 0 Å². The molecule has 188 valence electrons. The van der Waals surface area contributed by atoms with Gasteiger partial charge in [-0.3, -0.25) is 14.8 Å². The molecule has 9 heteroatoms. The van der Waals surface area contributed by atoms with E-state index in [9.17, 15) is 9.90 Å². The van der Waals surface area contributed by atoms with Crippen LogP contribution < -0.4 is 15.4 Å². The molecule has 8 nitrogen and oxygen atoms in total. The number of aryl methyl sites for hydroxylation is 1. The van der Waals surface area contributed by atoms with E-state index in [1.807, 2.05) is 31.2 Å². The van der Waals surface area contributed by atoms with Gasteiger partial charge in [0, 0.05) is 29.5 Å². The number of aliphatic hydroxyl groups is 1. The fourth-order valence-corrected chi connectivity index (χ4v) is 6.47. The van der Waals surface area contributed by atoms with Crippen molar-refractivity contribution in [2.24, 2.45) is 5.41 Å². The highest BCUT2D eigenvalue weighted by Crippen LogP contribution is 2.56. The van der Waals surface area contributed by atoms with Crippen LogP contribution in [-0.2, 0) is 11.3 Å². The average Bonchev–Trinajstić information content (AvgIpc) is 2.88. The molecule has 3 saturated carbocycles. The number of amides is 1. The molecule has 1 aliphatic heterocycles. The molecular weight excluding hydrogens is 478 g/mol. The normalized spacial score (nSPS) is 25.8. The highest BCUT2D eigenvalue weighted by Gasteiger charge is 2.49. The molecule has 3 aromatic heterocycles. The van der Waals surface area contributed by atoms with E-state index in [0.717, 1.165) is 55.4 Å². The maximum absolute atomic E-state index is 11.6. The van der Waals surface area contributed by atoms with Crippen molar-refractivity contribution in [1.82, 2.24) is 20.3 Å². The third kappa shape index (κ3) is 4.31. The summed E-state index contributed by atoms with van der Waals surface area (Å²) in [6.07, 6.45) is 8.01. The number of carbonyl (C=O) groups is 1. The van der Waals surface area contributed by atoms with E-state index in [-0.39, 0.29) is 23.5 Å². The molecule has 3 fully saturated rings. The molecule has 3 aromatic rings. The van der Waals surface area contributed by atoms with Gasteiger partial charge in [0.25, 0.3) is 5.91 Å². The van der Waals surface area contributed by atoms with E-state index < -0.39 is 6.10 Å². The van der Waals surface area contributed by atoms with Gasteiger partial charge in [-0.25, -0.2) is 4.98 Å². The third-order valence-corrected chi connectivity index (χ3v) is 8.68. The highest BCUT2D eigenvalue weighted by molar-refractivity contribution is 6.32. The monoisotopic (exact) mass is 507 g/mol. The number of carbonyl (C=O) groups excluding carboxylic acids is 1. The number of nitrogens with one attached hydrogen (secondary N) is 2. The van der Waals surface area contributed by atoms with Gasteiger partial charge in [0.1, 0.15) is 0 Å². The smallest absolute Gasteiger partial charge is 0.263 e. The standard InChI is InChI=1S/C27H30ClN5O3/c1-16-2-4-19-24(31-16)23(18(28)14-29-19)20(34)12-26-6-9-27(10-7-26,11-8-26)30-13-17-3-5-21-25(32-17)33-22(35)15-36-21/h2-5,14,20,30,34H,6-13,15H2,1H3,(H,32,33,35). The Morgan fingerprint density at radius 1 is 1.14 bits per heavy atom. The first kappa shape index (κ1) is 23.6. The van der Waals surface area contributed by atoms with Crippen molar-refractivity contribution in [3.8, 4) is 5.75 Å². The summed E-state index contributed by atoms with van der Waals surface area (Å²) in [5.41, 5.74) is 4.12. The summed E-state index contributed by atoms with van der Waals surface area (Å²) < 4.78 is 5.41. The summed E-state index contributed by atoms with van der Waals surface area (Å²) in [4.78, 5) is 25.2. The minimum Gasteiger partial charge on any atom is -0.480 e. The first-order valence-electron chi connectivity index (χ1n) is 12.6. The molecule has 0 aromatic carbocycles. The Balaban J connectivity index is 1.12. The topological polar surface area (TPSA) is 109 Å². The third-order valence-electron chi connectivity index (χ3n) is 8.38. The van der Waals surface area contributed by atoms with Gasteiger partial charge in [0.15, 0.2) is 18.2 Å². The summed E-state index contributed by atoms with van der Waals surface area (Å²) in [7, 11) is 0. The van der Waals surface area contributed by atoms with Gasteiger partial charge in [0.05, 0.1) is 27.9 Å². The zero-order chi connectivity index (χ0) is 24.9. The van der Waals surface area contributed by atoms with Crippen LogP contribution >= 0.6 is 11.6 Å². The van der Waals surface area contributed by atoms with Gasteiger partial charge in [-0.1, -0.05) is 11.6 Å². The fraction of sp³-hybridized carbons (Fsp3) is 0.481. The first-order chi connectivity index (χ1) is 17.3. The maximum Gasteiger partial charge on any atom is 0.263 e. The molecular formula is C27H30ClN5O3. The summed E-state index contributed by atoms with van der Waals surface area (Å²) in [5.74, 6) is 0.932. The second kappa shape index (κ2) is 8.94. The van der Waals surface area contributed by atoms with Crippen LogP contribution in [0.1, 0.15) is 68.0 Å². The van der Waals surface area contributed by atoms with E-state index in [2.05, 4.69) is 25.6 Å². The number of hydrogen-bond donors (Lipinski definition) is 3. The van der Waals surface area contributed by atoms with Crippen molar-refractivity contribution in [2.45, 2.75) is 70.1 Å². The number of ether oxygens (including phenoxy) is 1. The molecule has 2 bridgehead atoms. The summed E-state index contributed by atoms with van der Waals surface area (Å²) in [5, 5.41) is 18.4. The van der Waals surface area contributed by atoms with Gasteiger partial charge in [-0.2, -0.15) is 0 Å². The van der Waals surface area contributed by atoms with Gasteiger partial charge < -0.3 is 20.5 Å². The molecule has 1 amide bonds. The minimum atomic E-state index is -0.673. The second-order valence-corrected chi connectivity index (χ2v) is 11.1. The number of pyridine rings is 3. The molecule has 3 aliphatic carbocycles. The molecule has 1 unspecified atom stereocenters. The lowest BCUT2D eigenvalue weighted by Crippen LogP contribution is -2.54. The zero-order valence-corrected chi connectivity index (χ0v) is 21.1. The Morgan fingerprint density at radius 3 is 2.69 bits per heavy atom. The second-order valence-electron chi connectivity index (χ2n) is 10.7. The number of hydrogen-bond acceptors (Lipinski definition) is 7. The van der Waals surface area contributed by atoms with Gasteiger partial charge in [-0.15, -0.1) is 0 Å². The highest BCUT2D eigenvalue weighted by atomic mass is 35.5. The van der Waals surface area contributed by atoms with Crippen molar-refractivity contribution in [3.05, 3.63) is 52.4 Å². The van der Waals surface area contributed by atoms with Crippen molar-refractivity contribution < 1.29 is 14.6 Å². The van der Waals surface area contributed by atoms with Crippen LogP contribution in [0.25, 0.3) is 11.0 Å². The minimum absolute atomic E-state index is 0.0333. The molecule has 1 atom stereocenters. The number of nitrogens with zero attached hydrogens (tertiary/aromatic N) is 3.